The summed E-state index contributed by atoms with van der Waals surface area (Å²) >= 11 is 0. The first-order valence-electron chi connectivity index (χ1n) is 5.82. The van der Waals surface area contributed by atoms with Gasteiger partial charge in [0.15, 0.2) is 0 Å². The van der Waals surface area contributed by atoms with Gasteiger partial charge in [-0.3, -0.25) is 0 Å². The van der Waals surface area contributed by atoms with Gasteiger partial charge in [-0.05, 0) is 31.9 Å². The Balaban J connectivity index is 2.34. The van der Waals surface area contributed by atoms with Gasteiger partial charge in [0.05, 0.1) is 18.8 Å². The summed E-state index contributed by atoms with van der Waals surface area (Å²) in [6.07, 6.45) is 1.14. The fraction of sp³-hybridized carbons (Fsp3) is 0.538. The minimum atomic E-state index is 0.0273. The van der Waals surface area contributed by atoms with E-state index >= 15 is 0 Å². The predicted molar refractivity (Wildman–Crippen MR) is 63.7 cm³/mol. The van der Waals surface area contributed by atoms with Crippen LogP contribution in [0, 0.1) is 0 Å². The van der Waals surface area contributed by atoms with E-state index in [9.17, 15) is 0 Å². The van der Waals surface area contributed by atoms with Crippen LogP contribution in [0.2, 0.25) is 0 Å². The minimum absolute atomic E-state index is 0.0273. The smallest absolute Gasteiger partial charge is 0.123 e. The molecular formula is C13H19NO2. The van der Waals surface area contributed by atoms with E-state index < -0.39 is 0 Å². The number of fused-ring (bicyclic) bond motifs is 1. The lowest BCUT2D eigenvalue weighted by atomic mass is 9.96. The second-order valence-corrected chi connectivity index (χ2v) is 4.34. The Labute approximate surface area is 96.5 Å². The standard InChI is InChI=1S/C13H19NO2/c1-9(2)16-12-5-3-4-10-11(12)6-7-15-13(10)8-14/h3-5,9,13H,6-8,14H2,1-2H3/t13-/m0/s1. The first-order valence-corrected chi connectivity index (χ1v) is 5.82. The first-order chi connectivity index (χ1) is 7.72. The van der Waals surface area contributed by atoms with Crippen LogP contribution in [-0.4, -0.2) is 19.3 Å². The molecule has 0 bridgehead atoms. The summed E-state index contributed by atoms with van der Waals surface area (Å²) in [6.45, 7) is 5.34. The van der Waals surface area contributed by atoms with Crippen molar-refractivity contribution < 1.29 is 9.47 Å². The highest BCUT2D eigenvalue weighted by atomic mass is 16.5. The Morgan fingerprint density at radius 3 is 3.00 bits per heavy atom. The second kappa shape index (κ2) is 4.85. The molecule has 1 aromatic rings. The molecular weight excluding hydrogens is 202 g/mol. The third kappa shape index (κ3) is 2.20. The Morgan fingerprint density at radius 1 is 1.50 bits per heavy atom. The summed E-state index contributed by atoms with van der Waals surface area (Å²) in [5.74, 6) is 0.981. The Morgan fingerprint density at radius 2 is 2.31 bits per heavy atom. The lowest BCUT2D eigenvalue weighted by molar-refractivity contribution is 0.0471. The molecule has 0 radical (unpaired) electrons. The van der Waals surface area contributed by atoms with E-state index in [-0.39, 0.29) is 12.2 Å². The van der Waals surface area contributed by atoms with Crippen LogP contribution in [-0.2, 0) is 11.2 Å². The van der Waals surface area contributed by atoms with E-state index in [1.165, 1.54) is 11.1 Å². The lowest BCUT2D eigenvalue weighted by Crippen LogP contribution is -2.24. The molecule has 2 rings (SSSR count). The minimum Gasteiger partial charge on any atom is -0.491 e. The highest BCUT2D eigenvalue weighted by Crippen LogP contribution is 2.33. The van der Waals surface area contributed by atoms with Crippen LogP contribution >= 0.6 is 0 Å². The fourth-order valence-electron chi connectivity index (χ4n) is 2.10. The van der Waals surface area contributed by atoms with Gasteiger partial charge in [-0.1, -0.05) is 12.1 Å². The van der Waals surface area contributed by atoms with Crippen molar-refractivity contribution in [2.45, 2.75) is 32.5 Å². The van der Waals surface area contributed by atoms with Crippen LogP contribution in [0.5, 0.6) is 5.75 Å². The molecule has 0 spiro atoms. The third-order valence-corrected chi connectivity index (χ3v) is 2.76. The Kier molecular flexibility index (Phi) is 3.46. The Hall–Kier alpha value is -1.06. The van der Waals surface area contributed by atoms with Crippen molar-refractivity contribution in [2.75, 3.05) is 13.2 Å². The van der Waals surface area contributed by atoms with Gasteiger partial charge < -0.3 is 15.2 Å². The van der Waals surface area contributed by atoms with E-state index in [4.69, 9.17) is 15.2 Å². The maximum atomic E-state index is 5.81. The fourth-order valence-corrected chi connectivity index (χ4v) is 2.10. The first kappa shape index (κ1) is 11.4. The van der Waals surface area contributed by atoms with Gasteiger partial charge in [-0.15, -0.1) is 0 Å². The molecule has 16 heavy (non-hydrogen) atoms. The highest BCUT2D eigenvalue weighted by molar-refractivity contribution is 5.43. The topological polar surface area (TPSA) is 44.5 Å². The normalized spacial score (nSPS) is 19.6. The molecule has 1 aliphatic heterocycles. The van der Waals surface area contributed by atoms with Crippen LogP contribution in [0.15, 0.2) is 18.2 Å². The quantitative estimate of drug-likeness (QED) is 0.849. The second-order valence-electron chi connectivity index (χ2n) is 4.34. The van der Waals surface area contributed by atoms with E-state index in [0.29, 0.717) is 6.54 Å². The Bertz CT molecular complexity index is 363. The molecule has 88 valence electrons. The molecule has 1 heterocycles. The van der Waals surface area contributed by atoms with Crippen molar-refractivity contribution in [3.05, 3.63) is 29.3 Å². The van der Waals surface area contributed by atoms with Crippen LogP contribution in [0.3, 0.4) is 0 Å². The zero-order valence-electron chi connectivity index (χ0n) is 9.90. The van der Waals surface area contributed by atoms with Gasteiger partial charge in [0.1, 0.15) is 5.75 Å². The molecule has 0 aromatic heterocycles. The van der Waals surface area contributed by atoms with Crippen molar-refractivity contribution in [3.8, 4) is 5.75 Å². The van der Waals surface area contributed by atoms with Gasteiger partial charge in [0, 0.05) is 12.1 Å². The molecule has 1 aliphatic rings. The molecule has 0 fully saturated rings. The van der Waals surface area contributed by atoms with Gasteiger partial charge in [0.2, 0.25) is 0 Å². The monoisotopic (exact) mass is 221 g/mol. The number of nitrogens with two attached hydrogens (primary N) is 1. The van der Waals surface area contributed by atoms with Crippen molar-refractivity contribution in [1.29, 1.82) is 0 Å². The lowest BCUT2D eigenvalue weighted by Gasteiger charge is -2.27. The molecule has 0 unspecified atom stereocenters. The van der Waals surface area contributed by atoms with Crippen molar-refractivity contribution in [3.63, 3.8) is 0 Å². The highest BCUT2D eigenvalue weighted by Gasteiger charge is 2.22. The number of benzene rings is 1. The van der Waals surface area contributed by atoms with Gasteiger partial charge in [-0.25, -0.2) is 0 Å². The molecule has 0 amide bonds. The van der Waals surface area contributed by atoms with Crippen LogP contribution in [0.4, 0.5) is 0 Å². The SMILES string of the molecule is CC(C)Oc1cccc2c1CCO[C@H]2CN. The average molecular weight is 221 g/mol. The number of ether oxygens (including phenoxy) is 2. The van der Waals surface area contributed by atoms with Gasteiger partial charge in [0.25, 0.3) is 0 Å². The summed E-state index contributed by atoms with van der Waals surface area (Å²) in [4.78, 5) is 0. The molecule has 1 aromatic carbocycles. The molecule has 3 heteroatoms. The third-order valence-electron chi connectivity index (χ3n) is 2.76. The zero-order valence-corrected chi connectivity index (χ0v) is 9.90. The van der Waals surface area contributed by atoms with Crippen molar-refractivity contribution in [1.82, 2.24) is 0 Å². The predicted octanol–water partition coefficient (Wildman–Crippen LogP) is 2.05. The van der Waals surface area contributed by atoms with E-state index in [0.717, 1.165) is 18.8 Å². The van der Waals surface area contributed by atoms with Crippen molar-refractivity contribution in [2.24, 2.45) is 5.73 Å². The molecule has 3 nitrogen and oxygen atoms in total. The van der Waals surface area contributed by atoms with Gasteiger partial charge >= 0.3 is 0 Å². The summed E-state index contributed by atoms with van der Waals surface area (Å²) in [6, 6.07) is 6.12. The van der Waals surface area contributed by atoms with E-state index in [2.05, 4.69) is 6.07 Å². The van der Waals surface area contributed by atoms with E-state index in [1.807, 2.05) is 26.0 Å². The zero-order chi connectivity index (χ0) is 11.5. The van der Waals surface area contributed by atoms with Gasteiger partial charge in [-0.2, -0.15) is 0 Å². The van der Waals surface area contributed by atoms with Crippen LogP contribution in [0.1, 0.15) is 31.1 Å². The van der Waals surface area contributed by atoms with E-state index in [1.54, 1.807) is 0 Å². The molecule has 0 aliphatic carbocycles. The summed E-state index contributed by atoms with van der Waals surface area (Å²) < 4.78 is 11.4. The maximum absolute atomic E-state index is 5.81. The summed E-state index contributed by atoms with van der Waals surface area (Å²) in [7, 11) is 0. The number of hydrogen-bond donors (Lipinski definition) is 1. The summed E-state index contributed by atoms with van der Waals surface area (Å²) in [5.41, 5.74) is 8.15. The molecule has 2 N–H and O–H groups in total. The number of rotatable bonds is 3. The van der Waals surface area contributed by atoms with Crippen LogP contribution in [0.25, 0.3) is 0 Å². The average Bonchev–Trinajstić information content (AvgIpc) is 2.28. The summed E-state index contributed by atoms with van der Waals surface area (Å²) in [5, 5.41) is 0. The molecule has 1 atom stereocenters. The van der Waals surface area contributed by atoms with Crippen molar-refractivity contribution >= 4 is 0 Å². The molecule has 0 saturated heterocycles. The largest absolute Gasteiger partial charge is 0.491 e. The maximum Gasteiger partial charge on any atom is 0.123 e. The number of hydrogen-bond acceptors (Lipinski definition) is 3. The van der Waals surface area contributed by atoms with Crippen LogP contribution < -0.4 is 10.5 Å². The molecule has 0 saturated carbocycles.